The first-order valence-electron chi connectivity index (χ1n) is 7.76. The van der Waals surface area contributed by atoms with Crippen LogP contribution in [-0.4, -0.2) is 36.6 Å². The highest BCUT2D eigenvalue weighted by molar-refractivity contribution is 4.81. The van der Waals surface area contributed by atoms with Crippen LogP contribution in [0.5, 0.6) is 0 Å². The van der Waals surface area contributed by atoms with Crippen LogP contribution >= 0.6 is 0 Å². The lowest BCUT2D eigenvalue weighted by atomic mass is 9.87. The lowest BCUT2D eigenvalue weighted by Gasteiger charge is -2.30. The molecule has 0 aromatic rings. The predicted octanol–water partition coefficient (Wildman–Crippen LogP) is 3.03. The summed E-state index contributed by atoms with van der Waals surface area (Å²) in [5.74, 6) is 0.970. The van der Waals surface area contributed by atoms with Gasteiger partial charge in [-0.2, -0.15) is 0 Å². The van der Waals surface area contributed by atoms with Gasteiger partial charge in [0.1, 0.15) is 0 Å². The van der Waals surface area contributed by atoms with E-state index in [0.717, 1.165) is 18.0 Å². The van der Waals surface area contributed by atoms with E-state index < -0.39 is 0 Å². The van der Waals surface area contributed by atoms with Crippen LogP contribution in [0.2, 0.25) is 0 Å². The van der Waals surface area contributed by atoms with E-state index in [-0.39, 0.29) is 0 Å². The van der Waals surface area contributed by atoms with Gasteiger partial charge in [0, 0.05) is 12.1 Å². The molecule has 2 nitrogen and oxygen atoms in total. The summed E-state index contributed by atoms with van der Waals surface area (Å²) >= 11 is 0. The Morgan fingerprint density at radius 1 is 0.941 bits per heavy atom. The Morgan fingerprint density at radius 2 is 1.65 bits per heavy atom. The second-order valence-corrected chi connectivity index (χ2v) is 6.19. The van der Waals surface area contributed by atoms with Gasteiger partial charge in [0.2, 0.25) is 0 Å². The highest BCUT2D eigenvalue weighted by Crippen LogP contribution is 2.24. The molecule has 0 spiro atoms. The maximum Gasteiger partial charge on any atom is 0.00823 e. The van der Waals surface area contributed by atoms with Gasteiger partial charge in [0.25, 0.3) is 0 Å². The molecule has 1 atom stereocenters. The molecule has 1 aliphatic heterocycles. The van der Waals surface area contributed by atoms with E-state index in [0.29, 0.717) is 0 Å². The number of hydrogen-bond acceptors (Lipinski definition) is 2. The summed E-state index contributed by atoms with van der Waals surface area (Å²) in [5, 5.41) is 3.94. The van der Waals surface area contributed by atoms with Crippen LogP contribution in [0.3, 0.4) is 0 Å². The monoisotopic (exact) mass is 238 g/mol. The third-order valence-corrected chi connectivity index (χ3v) is 4.76. The van der Waals surface area contributed by atoms with Gasteiger partial charge in [-0.15, -0.1) is 0 Å². The fourth-order valence-corrected chi connectivity index (χ4v) is 3.40. The molecular formula is C15H30N2. The van der Waals surface area contributed by atoms with Crippen LogP contribution in [-0.2, 0) is 0 Å². The van der Waals surface area contributed by atoms with Crippen molar-refractivity contribution in [2.75, 3.05) is 19.6 Å². The van der Waals surface area contributed by atoms with Crippen LogP contribution in [0, 0.1) is 5.92 Å². The van der Waals surface area contributed by atoms with Crippen molar-refractivity contribution in [1.82, 2.24) is 10.2 Å². The third kappa shape index (κ3) is 4.26. The molecule has 0 aromatic heterocycles. The number of rotatable bonds is 3. The van der Waals surface area contributed by atoms with E-state index in [2.05, 4.69) is 24.1 Å². The number of nitrogens with zero attached hydrogens (tertiary/aromatic N) is 1. The quantitative estimate of drug-likeness (QED) is 0.813. The van der Waals surface area contributed by atoms with Gasteiger partial charge in [0.15, 0.2) is 0 Å². The van der Waals surface area contributed by atoms with Crippen molar-refractivity contribution in [3.05, 3.63) is 0 Å². The fourth-order valence-electron chi connectivity index (χ4n) is 3.40. The maximum absolute atomic E-state index is 3.94. The first kappa shape index (κ1) is 13.4. The second kappa shape index (κ2) is 6.75. The molecule has 2 heteroatoms. The summed E-state index contributed by atoms with van der Waals surface area (Å²) in [5.41, 5.74) is 0. The van der Waals surface area contributed by atoms with E-state index >= 15 is 0 Å². The molecule has 100 valence electrons. The second-order valence-electron chi connectivity index (χ2n) is 6.19. The molecule has 2 aliphatic rings. The topological polar surface area (TPSA) is 15.3 Å². The van der Waals surface area contributed by atoms with E-state index in [1.165, 1.54) is 64.6 Å². The van der Waals surface area contributed by atoms with Crippen molar-refractivity contribution in [2.45, 2.75) is 70.9 Å². The van der Waals surface area contributed by atoms with Gasteiger partial charge < -0.3 is 10.2 Å². The molecule has 2 rings (SSSR count). The number of likely N-dealkylation sites (tertiary alicyclic amines) is 1. The molecule has 2 fully saturated rings. The Morgan fingerprint density at radius 3 is 2.35 bits per heavy atom. The van der Waals surface area contributed by atoms with Gasteiger partial charge in [-0.25, -0.2) is 0 Å². The molecule has 1 N–H and O–H groups in total. The standard InChI is InChI=1S/C15H30N2/c1-3-17-11-4-5-14(10-12-17)16-15-8-6-13(2)7-9-15/h13-16H,3-12H2,1-2H3. The fraction of sp³-hybridized carbons (Fsp3) is 1.00. The highest BCUT2D eigenvalue weighted by atomic mass is 15.1. The van der Waals surface area contributed by atoms with E-state index in [1.54, 1.807) is 0 Å². The van der Waals surface area contributed by atoms with Crippen LogP contribution in [0.1, 0.15) is 58.8 Å². The Kier molecular flexibility index (Phi) is 5.30. The minimum Gasteiger partial charge on any atom is -0.311 e. The summed E-state index contributed by atoms with van der Waals surface area (Å²) in [7, 11) is 0. The van der Waals surface area contributed by atoms with Crippen molar-refractivity contribution in [2.24, 2.45) is 5.92 Å². The van der Waals surface area contributed by atoms with Crippen LogP contribution in [0.25, 0.3) is 0 Å². The smallest absolute Gasteiger partial charge is 0.00823 e. The van der Waals surface area contributed by atoms with Crippen molar-refractivity contribution in [3.63, 3.8) is 0 Å². The van der Waals surface area contributed by atoms with Crippen molar-refractivity contribution >= 4 is 0 Å². The zero-order chi connectivity index (χ0) is 12.1. The average molecular weight is 238 g/mol. The minimum atomic E-state index is 0.796. The van der Waals surface area contributed by atoms with E-state index in [4.69, 9.17) is 0 Å². The van der Waals surface area contributed by atoms with Crippen LogP contribution < -0.4 is 5.32 Å². The summed E-state index contributed by atoms with van der Waals surface area (Å²) < 4.78 is 0. The summed E-state index contributed by atoms with van der Waals surface area (Å²) in [4.78, 5) is 2.60. The van der Waals surface area contributed by atoms with Gasteiger partial charge >= 0.3 is 0 Å². The molecule has 1 heterocycles. The molecule has 17 heavy (non-hydrogen) atoms. The molecule has 1 saturated heterocycles. The van der Waals surface area contributed by atoms with Crippen molar-refractivity contribution < 1.29 is 0 Å². The lowest BCUT2D eigenvalue weighted by Crippen LogP contribution is -2.40. The molecule has 1 saturated carbocycles. The van der Waals surface area contributed by atoms with Crippen LogP contribution in [0.4, 0.5) is 0 Å². The number of hydrogen-bond donors (Lipinski definition) is 1. The first-order valence-corrected chi connectivity index (χ1v) is 7.76. The largest absolute Gasteiger partial charge is 0.311 e. The van der Waals surface area contributed by atoms with Gasteiger partial charge in [-0.1, -0.05) is 13.8 Å². The SMILES string of the molecule is CCN1CCCC(NC2CCC(C)CC2)CC1. The summed E-state index contributed by atoms with van der Waals surface area (Å²) in [6.07, 6.45) is 9.83. The Balaban J connectivity index is 1.71. The van der Waals surface area contributed by atoms with Gasteiger partial charge in [0.05, 0.1) is 0 Å². The van der Waals surface area contributed by atoms with Crippen molar-refractivity contribution in [1.29, 1.82) is 0 Å². The maximum atomic E-state index is 3.94. The van der Waals surface area contributed by atoms with E-state index in [1.807, 2.05) is 0 Å². The van der Waals surface area contributed by atoms with Crippen molar-refractivity contribution in [3.8, 4) is 0 Å². The molecule has 0 amide bonds. The molecule has 0 radical (unpaired) electrons. The Bertz CT molecular complexity index is 209. The highest BCUT2D eigenvalue weighted by Gasteiger charge is 2.22. The molecule has 0 bridgehead atoms. The summed E-state index contributed by atoms with van der Waals surface area (Å²) in [6, 6.07) is 1.62. The van der Waals surface area contributed by atoms with Gasteiger partial charge in [-0.05, 0) is 70.5 Å². The predicted molar refractivity (Wildman–Crippen MR) is 74.3 cm³/mol. The molecule has 1 aliphatic carbocycles. The summed E-state index contributed by atoms with van der Waals surface area (Å²) in [6.45, 7) is 8.54. The number of nitrogens with one attached hydrogen (secondary N) is 1. The normalized spacial score (nSPS) is 36.7. The third-order valence-electron chi connectivity index (χ3n) is 4.76. The molecule has 0 aromatic carbocycles. The molecular weight excluding hydrogens is 208 g/mol. The van der Waals surface area contributed by atoms with E-state index in [9.17, 15) is 0 Å². The average Bonchev–Trinajstić information content (AvgIpc) is 2.57. The zero-order valence-corrected chi connectivity index (χ0v) is 11.8. The first-order chi connectivity index (χ1) is 8.28. The van der Waals surface area contributed by atoms with Crippen LogP contribution in [0.15, 0.2) is 0 Å². The zero-order valence-electron chi connectivity index (χ0n) is 11.8. The van der Waals surface area contributed by atoms with Gasteiger partial charge in [-0.3, -0.25) is 0 Å². The lowest BCUT2D eigenvalue weighted by molar-refractivity contribution is 0.269. The molecule has 1 unspecified atom stereocenters. The Labute approximate surface area is 107 Å². The minimum absolute atomic E-state index is 0.796. The Hall–Kier alpha value is -0.0800.